The van der Waals surface area contributed by atoms with Crippen molar-refractivity contribution >= 4 is 5.91 Å². The van der Waals surface area contributed by atoms with Gasteiger partial charge in [0.05, 0.1) is 6.42 Å². The molecule has 23 heavy (non-hydrogen) atoms. The Balaban J connectivity index is 1.64. The second-order valence-corrected chi connectivity index (χ2v) is 5.47. The third kappa shape index (κ3) is 3.62. The summed E-state index contributed by atoms with van der Waals surface area (Å²) in [6.07, 6.45) is 0.0241. The molecule has 120 valence electrons. The van der Waals surface area contributed by atoms with Crippen molar-refractivity contribution in [2.75, 3.05) is 13.2 Å². The van der Waals surface area contributed by atoms with E-state index in [0.717, 1.165) is 16.9 Å². The van der Waals surface area contributed by atoms with Gasteiger partial charge in [-0.05, 0) is 41.8 Å². The van der Waals surface area contributed by atoms with Crippen LogP contribution >= 0.6 is 0 Å². The fourth-order valence-electron chi connectivity index (χ4n) is 2.49. The number of halogens is 1. The summed E-state index contributed by atoms with van der Waals surface area (Å²) >= 11 is 0. The molecule has 5 heteroatoms. The highest BCUT2D eigenvalue weighted by Crippen LogP contribution is 2.32. The lowest BCUT2D eigenvalue weighted by molar-refractivity contribution is -0.120. The van der Waals surface area contributed by atoms with Crippen molar-refractivity contribution in [2.45, 2.75) is 19.9 Å². The highest BCUT2D eigenvalue weighted by Gasteiger charge is 2.15. The maximum absolute atomic E-state index is 13.6. The number of nitrogens with one attached hydrogen (secondary N) is 1. The Kier molecular flexibility index (Phi) is 4.46. The van der Waals surface area contributed by atoms with E-state index in [1.165, 1.54) is 6.07 Å². The highest BCUT2D eigenvalue weighted by atomic mass is 19.1. The number of hydrogen-bond acceptors (Lipinski definition) is 3. The highest BCUT2D eigenvalue weighted by molar-refractivity contribution is 5.78. The molecule has 1 aliphatic rings. The van der Waals surface area contributed by atoms with E-state index in [2.05, 4.69) is 5.32 Å². The second-order valence-electron chi connectivity index (χ2n) is 5.47. The molecule has 0 bridgehead atoms. The number of amides is 1. The van der Waals surface area contributed by atoms with E-state index in [1.807, 2.05) is 19.1 Å². The third-order valence-electron chi connectivity index (χ3n) is 3.79. The molecule has 0 fully saturated rings. The molecule has 1 amide bonds. The zero-order valence-corrected chi connectivity index (χ0v) is 12.9. The quantitative estimate of drug-likeness (QED) is 0.944. The van der Waals surface area contributed by atoms with Gasteiger partial charge in [-0.15, -0.1) is 0 Å². The van der Waals surface area contributed by atoms with Crippen molar-refractivity contribution in [3.05, 3.63) is 58.9 Å². The lowest BCUT2D eigenvalue weighted by atomic mass is 10.1. The molecular formula is C18H18FNO3. The van der Waals surface area contributed by atoms with Gasteiger partial charge in [-0.2, -0.15) is 0 Å². The fraction of sp³-hybridized carbons (Fsp3) is 0.278. The normalized spacial score (nSPS) is 12.8. The van der Waals surface area contributed by atoms with Crippen LogP contribution in [0.25, 0.3) is 0 Å². The summed E-state index contributed by atoms with van der Waals surface area (Å²) in [7, 11) is 0. The molecule has 0 atom stereocenters. The molecule has 1 heterocycles. The van der Waals surface area contributed by atoms with Gasteiger partial charge < -0.3 is 14.8 Å². The van der Waals surface area contributed by atoms with E-state index in [9.17, 15) is 9.18 Å². The van der Waals surface area contributed by atoms with Crippen molar-refractivity contribution < 1.29 is 18.7 Å². The monoisotopic (exact) mass is 315 g/mol. The van der Waals surface area contributed by atoms with Gasteiger partial charge in [0.1, 0.15) is 19.0 Å². The van der Waals surface area contributed by atoms with E-state index < -0.39 is 0 Å². The molecule has 0 aliphatic carbocycles. The lowest BCUT2D eigenvalue weighted by Crippen LogP contribution is -2.25. The Morgan fingerprint density at radius 2 is 1.83 bits per heavy atom. The molecule has 0 saturated heterocycles. The molecular weight excluding hydrogens is 297 g/mol. The van der Waals surface area contributed by atoms with Gasteiger partial charge in [-0.1, -0.05) is 18.2 Å². The standard InChI is InChI=1S/C18H18FNO3/c1-12-8-16-17(23-7-6-22-16)9-14(12)11-20-18(21)10-13-4-2-3-5-15(13)19/h2-5,8-9H,6-7,10-11H2,1H3,(H,20,21). The number of carbonyl (C=O) groups is 1. The number of aryl methyl sites for hydroxylation is 1. The molecule has 0 unspecified atom stereocenters. The van der Waals surface area contributed by atoms with Crippen molar-refractivity contribution in [2.24, 2.45) is 0 Å². The lowest BCUT2D eigenvalue weighted by Gasteiger charge is -2.20. The summed E-state index contributed by atoms with van der Waals surface area (Å²) in [5, 5.41) is 2.82. The van der Waals surface area contributed by atoms with Gasteiger partial charge in [0, 0.05) is 6.54 Å². The number of rotatable bonds is 4. The molecule has 1 aliphatic heterocycles. The predicted octanol–water partition coefficient (Wildman–Crippen LogP) is 2.76. The van der Waals surface area contributed by atoms with E-state index in [4.69, 9.17) is 9.47 Å². The minimum Gasteiger partial charge on any atom is -0.486 e. The van der Waals surface area contributed by atoms with E-state index in [-0.39, 0.29) is 18.1 Å². The first-order chi connectivity index (χ1) is 11.1. The zero-order valence-electron chi connectivity index (χ0n) is 12.9. The predicted molar refractivity (Wildman–Crippen MR) is 84.1 cm³/mol. The Bertz CT molecular complexity index is 730. The van der Waals surface area contributed by atoms with Crippen LogP contribution in [0.3, 0.4) is 0 Å². The number of carbonyl (C=O) groups excluding carboxylic acids is 1. The third-order valence-corrected chi connectivity index (χ3v) is 3.79. The molecule has 2 aromatic carbocycles. The number of benzene rings is 2. The summed E-state index contributed by atoms with van der Waals surface area (Å²) in [5.74, 6) is 0.845. The van der Waals surface area contributed by atoms with E-state index in [1.54, 1.807) is 18.2 Å². The van der Waals surface area contributed by atoms with Gasteiger partial charge in [-0.3, -0.25) is 4.79 Å². The zero-order chi connectivity index (χ0) is 16.2. The summed E-state index contributed by atoms with van der Waals surface area (Å²) in [6.45, 7) is 3.40. The minimum atomic E-state index is -0.363. The maximum Gasteiger partial charge on any atom is 0.224 e. The molecule has 0 aromatic heterocycles. The van der Waals surface area contributed by atoms with Gasteiger partial charge in [0.2, 0.25) is 5.91 Å². The first kappa shape index (κ1) is 15.3. The summed E-state index contributed by atoms with van der Waals surface area (Å²) < 4.78 is 24.6. The van der Waals surface area contributed by atoms with Crippen LogP contribution in [0.2, 0.25) is 0 Å². The molecule has 0 saturated carbocycles. The van der Waals surface area contributed by atoms with Crippen LogP contribution in [0.5, 0.6) is 11.5 Å². The van der Waals surface area contributed by atoms with Crippen molar-refractivity contribution in [1.82, 2.24) is 5.32 Å². The minimum absolute atomic E-state index is 0.0241. The summed E-state index contributed by atoms with van der Waals surface area (Å²) in [6, 6.07) is 10.1. The van der Waals surface area contributed by atoms with Crippen molar-refractivity contribution in [3.8, 4) is 11.5 Å². The first-order valence-electron chi connectivity index (χ1n) is 7.52. The van der Waals surface area contributed by atoms with Crippen LogP contribution in [-0.4, -0.2) is 19.1 Å². The van der Waals surface area contributed by atoms with Crippen LogP contribution in [0.1, 0.15) is 16.7 Å². The topological polar surface area (TPSA) is 47.6 Å². The van der Waals surface area contributed by atoms with Gasteiger partial charge in [-0.25, -0.2) is 4.39 Å². The summed E-state index contributed by atoms with van der Waals surface area (Å²) in [4.78, 5) is 12.0. The van der Waals surface area contributed by atoms with Gasteiger partial charge in [0.25, 0.3) is 0 Å². The van der Waals surface area contributed by atoms with E-state index >= 15 is 0 Å². The fourth-order valence-corrected chi connectivity index (χ4v) is 2.49. The largest absolute Gasteiger partial charge is 0.486 e. The van der Waals surface area contributed by atoms with Crippen LogP contribution < -0.4 is 14.8 Å². The SMILES string of the molecule is Cc1cc2c(cc1CNC(=O)Cc1ccccc1F)OCCO2. The molecule has 0 spiro atoms. The maximum atomic E-state index is 13.6. The van der Waals surface area contributed by atoms with Crippen LogP contribution in [-0.2, 0) is 17.8 Å². The van der Waals surface area contributed by atoms with Crippen LogP contribution in [0.4, 0.5) is 4.39 Å². The molecule has 1 N–H and O–H groups in total. The summed E-state index contributed by atoms with van der Waals surface area (Å²) in [5.41, 5.74) is 2.36. The van der Waals surface area contributed by atoms with E-state index in [0.29, 0.717) is 31.1 Å². The van der Waals surface area contributed by atoms with Crippen molar-refractivity contribution in [3.63, 3.8) is 0 Å². The number of fused-ring (bicyclic) bond motifs is 1. The molecule has 0 radical (unpaired) electrons. The van der Waals surface area contributed by atoms with Gasteiger partial charge in [0.15, 0.2) is 11.5 Å². The van der Waals surface area contributed by atoms with Crippen LogP contribution in [0.15, 0.2) is 36.4 Å². The number of hydrogen-bond donors (Lipinski definition) is 1. The Morgan fingerprint density at radius 3 is 2.57 bits per heavy atom. The van der Waals surface area contributed by atoms with Gasteiger partial charge >= 0.3 is 0 Å². The van der Waals surface area contributed by atoms with Crippen molar-refractivity contribution in [1.29, 1.82) is 0 Å². The Labute approximate surface area is 134 Å². The number of ether oxygens (including phenoxy) is 2. The smallest absolute Gasteiger partial charge is 0.224 e. The first-order valence-corrected chi connectivity index (χ1v) is 7.52. The molecule has 4 nitrogen and oxygen atoms in total. The average Bonchev–Trinajstić information content (AvgIpc) is 2.55. The molecule has 2 aromatic rings. The Morgan fingerprint density at radius 1 is 1.13 bits per heavy atom. The Hall–Kier alpha value is -2.56. The average molecular weight is 315 g/mol. The molecule has 3 rings (SSSR count). The second kappa shape index (κ2) is 6.69. The van der Waals surface area contributed by atoms with Crippen LogP contribution in [0, 0.1) is 12.7 Å².